The number of likely N-dealkylation sites (N-methyl/N-ethyl adjacent to an activating group) is 1. The number of methoxy groups -OCH3 is 1. The van der Waals surface area contributed by atoms with Gasteiger partial charge in [0, 0.05) is 22.3 Å². The minimum Gasteiger partial charge on any atom is -0.497 e. The molecule has 0 saturated carbocycles. The van der Waals surface area contributed by atoms with Gasteiger partial charge >= 0.3 is 0 Å². The Morgan fingerprint density at radius 2 is 1.96 bits per heavy atom. The summed E-state index contributed by atoms with van der Waals surface area (Å²) in [6, 6.07) is 12.1. The van der Waals surface area contributed by atoms with Crippen molar-refractivity contribution in [2.75, 3.05) is 25.5 Å². The van der Waals surface area contributed by atoms with E-state index in [1.165, 1.54) is 6.07 Å². The zero-order valence-electron chi connectivity index (χ0n) is 13.7. The quantitative estimate of drug-likeness (QED) is 0.769. The maximum atomic E-state index is 13.9. The van der Waals surface area contributed by atoms with Crippen LogP contribution in [-0.4, -0.2) is 31.0 Å². The molecule has 128 valence electrons. The summed E-state index contributed by atoms with van der Waals surface area (Å²) in [5.41, 5.74) is 1.27. The third-order valence-corrected chi connectivity index (χ3v) is 4.09. The van der Waals surface area contributed by atoms with Gasteiger partial charge in [-0.25, -0.2) is 4.39 Å². The molecule has 0 radical (unpaired) electrons. The Bertz CT molecular complexity index is 692. The van der Waals surface area contributed by atoms with E-state index in [0.29, 0.717) is 28.8 Å². The molecule has 1 amide bonds. The number of rotatable bonds is 7. The van der Waals surface area contributed by atoms with Crippen molar-refractivity contribution in [3.63, 3.8) is 0 Å². The first-order valence-corrected chi connectivity index (χ1v) is 8.41. The first kappa shape index (κ1) is 18.4. The first-order chi connectivity index (χ1) is 11.5. The lowest BCUT2D eigenvalue weighted by molar-refractivity contribution is -0.117. The van der Waals surface area contributed by atoms with E-state index in [4.69, 9.17) is 4.74 Å². The number of hydrogen-bond acceptors (Lipinski definition) is 3. The normalized spacial score (nSPS) is 10.7. The first-order valence-electron chi connectivity index (χ1n) is 7.62. The van der Waals surface area contributed by atoms with Crippen LogP contribution in [0.25, 0.3) is 0 Å². The molecule has 24 heavy (non-hydrogen) atoms. The van der Waals surface area contributed by atoms with Crippen LogP contribution in [0.2, 0.25) is 0 Å². The van der Waals surface area contributed by atoms with Crippen LogP contribution in [0.5, 0.6) is 5.75 Å². The number of anilines is 1. The molecule has 0 aromatic heterocycles. The van der Waals surface area contributed by atoms with Gasteiger partial charge in [0.15, 0.2) is 0 Å². The Kier molecular flexibility index (Phi) is 6.75. The van der Waals surface area contributed by atoms with Crippen molar-refractivity contribution < 1.29 is 13.9 Å². The van der Waals surface area contributed by atoms with Gasteiger partial charge in [-0.3, -0.25) is 9.69 Å². The molecule has 0 aliphatic carbocycles. The van der Waals surface area contributed by atoms with Gasteiger partial charge in [-0.15, -0.1) is 0 Å². The van der Waals surface area contributed by atoms with Crippen molar-refractivity contribution in [3.05, 3.63) is 58.3 Å². The van der Waals surface area contributed by atoms with E-state index in [0.717, 1.165) is 5.75 Å². The number of carbonyl (C=O) groups excluding carboxylic acids is 1. The molecule has 0 spiro atoms. The fourth-order valence-electron chi connectivity index (χ4n) is 2.25. The molecular weight excluding hydrogens is 375 g/mol. The molecular formula is C18H20BrFN2O2. The van der Waals surface area contributed by atoms with E-state index in [-0.39, 0.29) is 18.3 Å². The van der Waals surface area contributed by atoms with Crippen molar-refractivity contribution in [1.82, 2.24) is 4.90 Å². The molecule has 0 bridgehead atoms. The lowest BCUT2D eigenvalue weighted by Gasteiger charge is -2.20. The van der Waals surface area contributed by atoms with Crippen molar-refractivity contribution in [1.29, 1.82) is 0 Å². The Morgan fingerprint density at radius 1 is 1.25 bits per heavy atom. The Balaban J connectivity index is 1.94. The number of ether oxygens (including phenoxy) is 1. The van der Waals surface area contributed by atoms with E-state index in [2.05, 4.69) is 21.2 Å². The minimum absolute atomic E-state index is 0.139. The molecule has 0 aliphatic rings. The van der Waals surface area contributed by atoms with Gasteiger partial charge in [0.05, 0.1) is 13.7 Å². The lowest BCUT2D eigenvalue weighted by Crippen LogP contribution is -2.33. The van der Waals surface area contributed by atoms with Crippen molar-refractivity contribution in [2.45, 2.75) is 13.5 Å². The maximum Gasteiger partial charge on any atom is 0.238 e. The number of nitrogens with one attached hydrogen (secondary N) is 1. The molecule has 0 aliphatic heterocycles. The van der Waals surface area contributed by atoms with Crippen LogP contribution in [0.15, 0.2) is 46.9 Å². The van der Waals surface area contributed by atoms with Crippen LogP contribution in [0.4, 0.5) is 10.1 Å². The maximum absolute atomic E-state index is 13.9. The standard InChI is InChI=1S/C18H20BrFN2O2/c1-3-22(11-13-4-5-14(19)10-17(13)20)12-18(23)21-15-6-8-16(24-2)9-7-15/h4-10H,3,11-12H2,1-2H3,(H,21,23). The number of amides is 1. The Morgan fingerprint density at radius 3 is 2.54 bits per heavy atom. The van der Waals surface area contributed by atoms with Crippen LogP contribution in [-0.2, 0) is 11.3 Å². The number of carbonyl (C=O) groups is 1. The zero-order valence-corrected chi connectivity index (χ0v) is 15.3. The molecule has 0 fully saturated rings. The van der Waals surface area contributed by atoms with Crippen molar-refractivity contribution >= 4 is 27.5 Å². The second-order valence-corrected chi connectivity index (χ2v) is 6.23. The van der Waals surface area contributed by atoms with Crippen LogP contribution in [0.1, 0.15) is 12.5 Å². The van der Waals surface area contributed by atoms with Crippen LogP contribution in [0.3, 0.4) is 0 Å². The average Bonchev–Trinajstić information content (AvgIpc) is 2.57. The topological polar surface area (TPSA) is 41.6 Å². The third kappa shape index (κ3) is 5.32. The van der Waals surface area contributed by atoms with Gasteiger partial charge in [-0.05, 0) is 42.9 Å². The Labute approximate surface area is 149 Å². The van der Waals surface area contributed by atoms with Gasteiger partial charge < -0.3 is 10.1 Å². The van der Waals surface area contributed by atoms with E-state index in [9.17, 15) is 9.18 Å². The van der Waals surface area contributed by atoms with E-state index in [1.807, 2.05) is 11.8 Å². The molecule has 0 atom stereocenters. The summed E-state index contributed by atoms with van der Waals surface area (Å²) < 4.78 is 19.7. The second kappa shape index (κ2) is 8.80. The predicted octanol–water partition coefficient (Wildman–Crippen LogP) is 4.06. The summed E-state index contributed by atoms with van der Waals surface area (Å²) in [5, 5.41) is 2.83. The summed E-state index contributed by atoms with van der Waals surface area (Å²) in [5.74, 6) is 0.312. The van der Waals surface area contributed by atoms with Gasteiger partial charge in [0.25, 0.3) is 0 Å². The highest BCUT2D eigenvalue weighted by Gasteiger charge is 2.12. The summed E-state index contributed by atoms with van der Waals surface area (Å²) >= 11 is 3.24. The van der Waals surface area contributed by atoms with E-state index < -0.39 is 0 Å². The monoisotopic (exact) mass is 394 g/mol. The molecule has 0 heterocycles. The molecule has 4 nitrogen and oxygen atoms in total. The molecule has 1 N–H and O–H groups in total. The van der Waals surface area contributed by atoms with E-state index >= 15 is 0 Å². The summed E-state index contributed by atoms with van der Waals surface area (Å²) in [4.78, 5) is 14.1. The molecule has 2 aromatic rings. The highest BCUT2D eigenvalue weighted by molar-refractivity contribution is 9.10. The highest BCUT2D eigenvalue weighted by atomic mass is 79.9. The highest BCUT2D eigenvalue weighted by Crippen LogP contribution is 2.17. The average molecular weight is 395 g/mol. The smallest absolute Gasteiger partial charge is 0.238 e. The second-order valence-electron chi connectivity index (χ2n) is 5.32. The molecule has 0 unspecified atom stereocenters. The van der Waals surface area contributed by atoms with Gasteiger partial charge in [0.1, 0.15) is 11.6 Å². The summed E-state index contributed by atoms with van der Waals surface area (Å²) in [7, 11) is 1.59. The molecule has 2 rings (SSSR count). The zero-order chi connectivity index (χ0) is 17.5. The fraction of sp³-hybridized carbons (Fsp3) is 0.278. The SMILES string of the molecule is CCN(CC(=O)Nc1ccc(OC)cc1)Cc1ccc(Br)cc1F. The van der Waals surface area contributed by atoms with Crippen LogP contribution < -0.4 is 10.1 Å². The number of halogens is 2. The van der Waals surface area contributed by atoms with Gasteiger partial charge in [0.2, 0.25) is 5.91 Å². The molecule has 6 heteroatoms. The number of hydrogen-bond donors (Lipinski definition) is 1. The van der Waals surface area contributed by atoms with Crippen molar-refractivity contribution in [2.24, 2.45) is 0 Å². The Hall–Kier alpha value is -1.92. The fourth-order valence-corrected chi connectivity index (χ4v) is 2.58. The number of benzene rings is 2. The van der Waals surface area contributed by atoms with Gasteiger partial charge in [-0.1, -0.05) is 28.9 Å². The van der Waals surface area contributed by atoms with Gasteiger partial charge in [-0.2, -0.15) is 0 Å². The third-order valence-electron chi connectivity index (χ3n) is 3.60. The molecule has 0 saturated heterocycles. The summed E-state index contributed by atoms with van der Waals surface area (Å²) in [6.45, 7) is 3.16. The van der Waals surface area contributed by atoms with Crippen LogP contribution >= 0.6 is 15.9 Å². The lowest BCUT2D eigenvalue weighted by atomic mass is 10.2. The van der Waals surface area contributed by atoms with Crippen LogP contribution in [0, 0.1) is 5.82 Å². The van der Waals surface area contributed by atoms with E-state index in [1.54, 1.807) is 43.5 Å². The predicted molar refractivity (Wildman–Crippen MR) is 96.7 cm³/mol. The molecule has 2 aromatic carbocycles. The largest absolute Gasteiger partial charge is 0.497 e. The van der Waals surface area contributed by atoms with Crippen molar-refractivity contribution in [3.8, 4) is 5.75 Å². The summed E-state index contributed by atoms with van der Waals surface area (Å²) in [6.07, 6.45) is 0. The number of nitrogens with zero attached hydrogens (tertiary/aromatic N) is 1. The minimum atomic E-state index is -0.279.